The van der Waals surface area contributed by atoms with E-state index in [4.69, 9.17) is 15.2 Å². The Hall–Kier alpha value is -1.31. The largest absolute Gasteiger partial charge is 0.497 e. The predicted octanol–water partition coefficient (Wildman–Crippen LogP) is 0.719. The molecule has 0 aliphatic carbocycles. The molecule has 0 aliphatic heterocycles. The van der Waals surface area contributed by atoms with Gasteiger partial charge in [-0.3, -0.25) is 0 Å². The van der Waals surface area contributed by atoms with Gasteiger partial charge in [-0.15, -0.1) is 0 Å². The van der Waals surface area contributed by atoms with Crippen molar-refractivity contribution < 1.29 is 17.9 Å². The second kappa shape index (κ2) is 5.77. The molecule has 1 aromatic rings. The summed E-state index contributed by atoms with van der Waals surface area (Å²) in [5.41, 5.74) is 4.80. The van der Waals surface area contributed by atoms with Gasteiger partial charge in [0.05, 0.1) is 19.1 Å². The lowest BCUT2D eigenvalue weighted by atomic mass is 10.1. The summed E-state index contributed by atoms with van der Waals surface area (Å²) in [6.45, 7) is 3.61. The van der Waals surface area contributed by atoms with Crippen LogP contribution in [-0.4, -0.2) is 34.7 Å². The molecule has 0 radical (unpaired) electrons. The number of nitrogens with one attached hydrogen (secondary N) is 1. The summed E-state index contributed by atoms with van der Waals surface area (Å²) >= 11 is 0. The zero-order valence-corrected chi connectivity index (χ0v) is 12.4. The first kappa shape index (κ1) is 15.7. The highest BCUT2D eigenvalue weighted by molar-refractivity contribution is 7.89. The average molecular weight is 288 g/mol. The van der Waals surface area contributed by atoms with Crippen molar-refractivity contribution in [3.05, 3.63) is 18.2 Å². The van der Waals surface area contributed by atoms with E-state index in [1.807, 2.05) is 0 Å². The summed E-state index contributed by atoms with van der Waals surface area (Å²) in [6.07, 6.45) is 0. The first-order valence-electron chi connectivity index (χ1n) is 5.71. The molecule has 19 heavy (non-hydrogen) atoms. The van der Waals surface area contributed by atoms with Gasteiger partial charge in [0.1, 0.15) is 11.5 Å². The van der Waals surface area contributed by atoms with Crippen LogP contribution in [-0.2, 0) is 10.0 Å². The lowest BCUT2D eigenvalue weighted by Crippen LogP contribution is -2.48. The Bertz CT molecular complexity index is 518. The molecular formula is C12H20N2O4S. The summed E-state index contributed by atoms with van der Waals surface area (Å²) in [4.78, 5) is 0.0743. The van der Waals surface area contributed by atoms with E-state index in [-0.39, 0.29) is 11.4 Å². The molecule has 108 valence electrons. The van der Waals surface area contributed by atoms with E-state index in [0.29, 0.717) is 11.5 Å². The van der Waals surface area contributed by atoms with Crippen LogP contribution in [0.2, 0.25) is 0 Å². The molecule has 0 aliphatic rings. The van der Waals surface area contributed by atoms with Gasteiger partial charge in [0.2, 0.25) is 10.0 Å². The summed E-state index contributed by atoms with van der Waals surface area (Å²) in [5, 5.41) is 0. The van der Waals surface area contributed by atoms with Gasteiger partial charge in [-0.2, -0.15) is 0 Å². The first-order chi connectivity index (χ1) is 8.74. The van der Waals surface area contributed by atoms with Crippen LogP contribution in [0, 0.1) is 0 Å². The van der Waals surface area contributed by atoms with Gasteiger partial charge in [0, 0.05) is 30.3 Å². The Kier molecular flexibility index (Phi) is 4.78. The number of ether oxygens (including phenoxy) is 2. The van der Waals surface area contributed by atoms with Crippen molar-refractivity contribution in [2.45, 2.75) is 24.3 Å². The van der Waals surface area contributed by atoms with Crippen molar-refractivity contribution in [2.24, 2.45) is 5.73 Å². The maximum atomic E-state index is 12.3. The minimum absolute atomic E-state index is 0.0743. The minimum Gasteiger partial charge on any atom is -0.497 e. The van der Waals surface area contributed by atoms with Crippen molar-refractivity contribution in [1.82, 2.24) is 4.72 Å². The van der Waals surface area contributed by atoms with Gasteiger partial charge in [0.15, 0.2) is 0 Å². The van der Waals surface area contributed by atoms with E-state index in [2.05, 4.69) is 4.72 Å². The van der Waals surface area contributed by atoms with Crippen LogP contribution in [0.5, 0.6) is 11.5 Å². The fourth-order valence-electron chi connectivity index (χ4n) is 1.40. The van der Waals surface area contributed by atoms with Gasteiger partial charge in [-0.1, -0.05) is 0 Å². The van der Waals surface area contributed by atoms with Crippen LogP contribution >= 0.6 is 0 Å². The van der Waals surface area contributed by atoms with E-state index in [0.717, 1.165) is 0 Å². The SMILES string of the molecule is COc1cc(OC)cc(S(=O)(=O)NC(C)(C)CN)c1. The van der Waals surface area contributed by atoms with Crippen molar-refractivity contribution >= 4 is 10.0 Å². The van der Waals surface area contributed by atoms with E-state index in [1.54, 1.807) is 19.9 Å². The van der Waals surface area contributed by atoms with Gasteiger partial charge < -0.3 is 15.2 Å². The van der Waals surface area contributed by atoms with Crippen molar-refractivity contribution in [3.63, 3.8) is 0 Å². The summed E-state index contributed by atoms with van der Waals surface area (Å²) < 4.78 is 37.2. The van der Waals surface area contributed by atoms with E-state index in [9.17, 15) is 8.42 Å². The molecule has 1 aromatic carbocycles. The highest BCUT2D eigenvalue weighted by atomic mass is 32.2. The molecule has 0 atom stereocenters. The van der Waals surface area contributed by atoms with Gasteiger partial charge in [-0.05, 0) is 13.8 Å². The zero-order valence-electron chi connectivity index (χ0n) is 11.6. The lowest BCUT2D eigenvalue weighted by Gasteiger charge is -2.24. The van der Waals surface area contributed by atoms with Gasteiger partial charge >= 0.3 is 0 Å². The molecule has 0 saturated carbocycles. The molecule has 1 rings (SSSR count). The maximum absolute atomic E-state index is 12.3. The molecule has 0 amide bonds. The molecule has 0 bridgehead atoms. The monoisotopic (exact) mass is 288 g/mol. The molecule has 0 saturated heterocycles. The second-order valence-corrected chi connectivity index (χ2v) is 6.42. The first-order valence-corrected chi connectivity index (χ1v) is 7.19. The normalized spacial score (nSPS) is 12.3. The van der Waals surface area contributed by atoms with Crippen molar-refractivity contribution in [1.29, 1.82) is 0 Å². The lowest BCUT2D eigenvalue weighted by molar-refractivity contribution is 0.391. The maximum Gasteiger partial charge on any atom is 0.241 e. The topological polar surface area (TPSA) is 90.6 Å². The van der Waals surface area contributed by atoms with E-state index in [1.165, 1.54) is 26.4 Å². The Morgan fingerprint density at radius 2 is 1.63 bits per heavy atom. The fraction of sp³-hybridized carbons (Fsp3) is 0.500. The van der Waals surface area contributed by atoms with Crippen LogP contribution in [0.4, 0.5) is 0 Å². The smallest absolute Gasteiger partial charge is 0.241 e. The van der Waals surface area contributed by atoms with Crippen LogP contribution in [0.25, 0.3) is 0 Å². The summed E-state index contributed by atoms with van der Waals surface area (Å²) in [7, 11) is -0.764. The zero-order chi connectivity index (χ0) is 14.7. The molecule has 6 nitrogen and oxygen atoms in total. The average Bonchev–Trinajstić information content (AvgIpc) is 2.37. The van der Waals surface area contributed by atoms with Gasteiger partial charge in [0.25, 0.3) is 0 Å². The standard InChI is InChI=1S/C12H20N2O4S/c1-12(2,8-13)14-19(15,16)11-6-9(17-3)5-10(7-11)18-4/h5-7,14H,8,13H2,1-4H3. The number of benzene rings is 1. The van der Waals surface area contributed by atoms with Gasteiger partial charge in [-0.25, -0.2) is 13.1 Å². The fourth-order valence-corrected chi connectivity index (χ4v) is 2.87. The van der Waals surface area contributed by atoms with E-state index >= 15 is 0 Å². The van der Waals surface area contributed by atoms with Crippen LogP contribution in [0.3, 0.4) is 0 Å². The van der Waals surface area contributed by atoms with Crippen LogP contribution < -0.4 is 19.9 Å². The molecule has 3 N–H and O–H groups in total. The third-order valence-corrected chi connectivity index (χ3v) is 4.23. The second-order valence-electron chi connectivity index (χ2n) is 4.74. The minimum atomic E-state index is -3.69. The Morgan fingerprint density at radius 3 is 2.00 bits per heavy atom. The van der Waals surface area contributed by atoms with E-state index < -0.39 is 15.6 Å². The highest BCUT2D eigenvalue weighted by Crippen LogP contribution is 2.25. The quantitative estimate of drug-likeness (QED) is 0.805. The van der Waals surface area contributed by atoms with Crippen LogP contribution in [0.15, 0.2) is 23.1 Å². The van der Waals surface area contributed by atoms with Crippen LogP contribution in [0.1, 0.15) is 13.8 Å². The number of methoxy groups -OCH3 is 2. The third kappa shape index (κ3) is 4.09. The summed E-state index contributed by atoms with van der Waals surface area (Å²) in [6, 6.07) is 4.46. The van der Waals surface area contributed by atoms with Crippen molar-refractivity contribution in [2.75, 3.05) is 20.8 Å². The Labute approximate surface area is 113 Å². The molecule has 0 heterocycles. The number of rotatable bonds is 6. The highest BCUT2D eigenvalue weighted by Gasteiger charge is 2.25. The Balaban J connectivity index is 3.21. The molecule has 0 aromatic heterocycles. The molecule has 7 heteroatoms. The molecule has 0 spiro atoms. The third-order valence-electron chi connectivity index (χ3n) is 2.56. The molecule has 0 unspecified atom stereocenters. The Morgan fingerprint density at radius 1 is 1.16 bits per heavy atom. The predicted molar refractivity (Wildman–Crippen MR) is 73.0 cm³/mol. The number of hydrogen-bond donors (Lipinski definition) is 2. The number of sulfonamides is 1. The molecular weight excluding hydrogens is 268 g/mol. The molecule has 0 fully saturated rings. The summed E-state index contributed by atoms with van der Waals surface area (Å²) in [5.74, 6) is 0.815. The number of hydrogen-bond acceptors (Lipinski definition) is 5. The van der Waals surface area contributed by atoms with Crippen molar-refractivity contribution in [3.8, 4) is 11.5 Å². The number of nitrogens with two attached hydrogens (primary N) is 1.